The molecule has 3 rings (SSSR count). The van der Waals surface area contributed by atoms with Gasteiger partial charge < -0.3 is 20.3 Å². The average Bonchev–Trinajstić information content (AvgIpc) is 3.17. The lowest BCUT2D eigenvalue weighted by Gasteiger charge is -2.20. The van der Waals surface area contributed by atoms with E-state index in [-0.39, 0.29) is 18.0 Å². The number of hydrogen-bond donors (Lipinski definition) is 2. The van der Waals surface area contributed by atoms with E-state index in [1.807, 2.05) is 36.1 Å². The number of guanidine groups is 1. The van der Waals surface area contributed by atoms with Gasteiger partial charge in [0.2, 0.25) is 0 Å². The van der Waals surface area contributed by atoms with E-state index in [0.29, 0.717) is 29.9 Å². The molecule has 0 spiro atoms. The number of aromatic nitrogens is 1. The SMILES string of the molecule is CCNC(=NCC(OC)c1cccc(Cl)c1)NC1CCN(c2ncccc2F)C1. The van der Waals surface area contributed by atoms with Crippen molar-refractivity contribution in [1.82, 2.24) is 15.6 Å². The number of methoxy groups -OCH3 is 1. The van der Waals surface area contributed by atoms with Crippen molar-refractivity contribution in [1.29, 1.82) is 0 Å². The molecular formula is C21H27ClFN5O. The number of ether oxygens (including phenoxy) is 1. The summed E-state index contributed by atoms with van der Waals surface area (Å²) in [6.07, 6.45) is 2.31. The van der Waals surface area contributed by atoms with Crippen molar-refractivity contribution < 1.29 is 9.13 Å². The fourth-order valence-electron chi connectivity index (χ4n) is 3.39. The van der Waals surface area contributed by atoms with Gasteiger partial charge in [-0.3, -0.25) is 4.99 Å². The van der Waals surface area contributed by atoms with E-state index in [2.05, 4.69) is 20.6 Å². The summed E-state index contributed by atoms with van der Waals surface area (Å²) in [6, 6.07) is 10.8. The molecule has 2 heterocycles. The van der Waals surface area contributed by atoms with Crippen LogP contribution in [0.3, 0.4) is 0 Å². The lowest BCUT2D eigenvalue weighted by atomic mass is 10.1. The molecule has 0 saturated carbocycles. The Hall–Kier alpha value is -2.38. The zero-order valence-electron chi connectivity index (χ0n) is 16.7. The second-order valence-corrected chi connectivity index (χ2v) is 7.32. The monoisotopic (exact) mass is 419 g/mol. The molecule has 0 radical (unpaired) electrons. The highest BCUT2D eigenvalue weighted by Gasteiger charge is 2.26. The van der Waals surface area contributed by atoms with Crippen LogP contribution in [0.5, 0.6) is 0 Å². The molecule has 2 atom stereocenters. The molecule has 1 aromatic heterocycles. The Balaban J connectivity index is 1.63. The molecule has 1 fully saturated rings. The summed E-state index contributed by atoms with van der Waals surface area (Å²) >= 11 is 6.09. The van der Waals surface area contributed by atoms with Crippen LogP contribution in [0.2, 0.25) is 5.02 Å². The minimum atomic E-state index is -0.293. The minimum Gasteiger partial charge on any atom is -0.375 e. The van der Waals surface area contributed by atoms with Gasteiger partial charge in [0.15, 0.2) is 17.6 Å². The summed E-state index contributed by atoms with van der Waals surface area (Å²) in [7, 11) is 1.66. The maximum atomic E-state index is 14.0. The molecule has 8 heteroatoms. The molecule has 2 unspecified atom stereocenters. The minimum absolute atomic E-state index is 0.154. The van der Waals surface area contributed by atoms with Crippen molar-refractivity contribution in [3.8, 4) is 0 Å². The second-order valence-electron chi connectivity index (χ2n) is 6.88. The number of nitrogens with one attached hydrogen (secondary N) is 2. The van der Waals surface area contributed by atoms with Crippen molar-refractivity contribution in [2.45, 2.75) is 25.5 Å². The molecule has 2 aromatic rings. The lowest BCUT2D eigenvalue weighted by molar-refractivity contribution is 0.111. The molecular weight excluding hydrogens is 393 g/mol. The smallest absolute Gasteiger partial charge is 0.191 e. The van der Waals surface area contributed by atoms with Gasteiger partial charge in [-0.15, -0.1) is 0 Å². The zero-order valence-corrected chi connectivity index (χ0v) is 17.5. The Kier molecular flexibility index (Phi) is 7.66. The number of halogens is 2. The molecule has 0 bridgehead atoms. The number of pyridine rings is 1. The van der Waals surface area contributed by atoms with Gasteiger partial charge in [0.1, 0.15) is 6.10 Å². The van der Waals surface area contributed by atoms with Gasteiger partial charge in [0.05, 0.1) is 6.54 Å². The third kappa shape index (κ3) is 5.81. The summed E-state index contributed by atoms with van der Waals surface area (Å²) < 4.78 is 19.6. The Labute approximate surface area is 176 Å². The topological polar surface area (TPSA) is 61.8 Å². The first-order chi connectivity index (χ1) is 14.1. The highest BCUT2D eigenvalue weighted by molar-refractivity contribution is 6.30. The van der Waals surface area contributed by atoms with Crippen LogP contribution < -0.4 is 15.5 Å². The van der Waals surface area contributed by atoms with Crippen molar-refractivity contribution >= 4 is 23.4 Å². The number of aliphatic imine (C=N–C) groups is 1. The Bertz CT molecular complexity index is 834. The van der Waals surface area contributed by atoms with Crippen LogP contribution in [0, 0.1) is 5.82 Å². The van der Waals surface area contributed by atoms with Crippen LogP contribution in [0.4, 0.5) is 10.2 Å². The molecule has 156 valence electrons. The maximum absolute atomic E-state index is 14.0. The molecule has 2 N–H and O–H groups in total. The number of rotatable bonds is 7. The number of benzene rings is 1. The van der Waals surface area contributed by atoms with E-state index in [1.165, 1.54) is 6.07 Å². The summed E-state index contributed by atoms with van der Waals surface area (Å²) in [5.74, 6) is 0.822. The normalized spacial score (nSPS) is 18.0. The quantitative estimate of drug-likeness (QED) is 0.532. The Morgan fingerprint density at radius 2 is 2.28 bits per heavy atom. The van der Waals surface area contributed by atoms with Crippen molar-refractivity contribution in [3.05, 3.63) is 59.0 Å². The molecule has 0 amide bonds. The molecule has 1 saturated heterocycles. The summed E-state index contributed by atoms with van der Waals surface area (Å²) in [4.78, 5) is 10.8. The fraction of sp³-hybridized carbons (Fsp3) is 0.429. The van der Waals surface area contributed by atoms with Gasteiger partial charge in [-0.05, 0) is 43.2 Å². The van der Waals surface area contributed by atoms with Gasteiger partial charge in [-0.1, -0.05) is 23.7 Å². The largest absolute Gasteiger partial charge is 0.375 e. The summed E-state index contributed by atoms with van der Waals surface area (Å²) in [5, 5.41) is 7.38. The average molecular weight is 420 g/mol. The molecule has 29 heavy (non-hydrogen) atoms. The van der Waals surface area contributed by atoms with Crippen molar-refractivity contribution in [2.24, 2.45) is 4.99 Å². The van der Waals surface area contributed by atoms with E-state index in [0.717, 1.165) is 25.1 Å². The standard InChI is InChI=1S/C21H27ClFN5O/c1-3-24-21(26-13-19(29-2)15-6-4-7-16(22)12-15)27-17-9-11-28(14-17)20-18(23)8-5-10-25-20/h4-8,10,12,17,19H,3,9,11,13-14H2,1-2H3,(H2,24,26,27). The zero-order chi connectivity index (χ0) is 20.6. The maximum Gasteiger partial charge on any atom is 0.191 e. The predicted molar refractivity (Wildman–Crippen MR) is 115 cm³/mol. The van der Waals surface area contributed by atoms with Gasteiger partial charge in [-0.2, -0.15) is 0 Å². The van der Waals surface area contributed by atoms with Crippen LogP contribution in [0.25, 0.3) is 0 Å². The first-order valence-corrected chi connectivity index (χ1v) is 10.2. The summed E-state index contributed by atoms with van der Waals surface area (Å²) in [5.41, 5.74) is 0.984. The van der Waals surface area contributed by atoms with Gasteiger partial charge >= 0.3 is 0 Å². The van der Waals surface area contributed by atoms with Crippen LogP contribution in [0.1, 0.15) is 25.0 Å². The first-order valence-electron chi connectivity index (χ1n) is 9.79. The molecule has 0 aliphatic carbocycles. The Morgan fingerprint density at radius 1 is 1.41 bits per heavy atom. The fourth-order valence-corrected chi connectivity index (χ4v) is 3.59. The van der Waals surface area contributed by atoms with Gasteiger partial charge in [-0.25, -0.2) is 9.37 Å². The van der Waals surface area contributed by atoms with E-state index in [9.17, 15) is 4.39 Å². The summed E-state index contributed by atoms with van der Waals surface area (Å²) in [6.45, 7) is 4.63. The number of hydrogen-bond acceptors (Lipinski definition) is 4. The van der Waals surface area contributed by atoms with Crippen molar-refractivity contribution in [2.75, 3.05) is 38.2 Å². The number of anilines is 1. The van der Waals surface area contributed by atoms with E-state index in [1.54, 1.807) is 19.4 Å². The van der Waals surface area contributed by atoms with E-state index >= 15 is 0 Å². The molecule has 1 aliphatic heterocycles. The van der Waals surface area contributed by atoms with Crippen LogP contribution in [-0.2, 0) is 4.74 Å². The van der Waals surface area contributed by atoms with Crippen LogP contribution in [-0.4, -0.2) is 50.3 Å². The van der Waals surface area contributed by atoms with E-state index < -0.39 is 0 Å². The predicted octanol–water partition coefficient (Wildman–Crippen LogP) is 3.40. The number of nitrogens with zero attached hydrogens (tertiary/aromatic N) is 3. The lowest BCUT2D eigenvalue weighted by Crippen LogP contribution is -2.45. The van der Waals surface area contributed by atoms with Crippen molar-refractivity contribution in [3.63, 3.8) is 0 Å². The van der Waals surface area contributed by atoms with Gasteiger partial charge in [0, 0.05) is 44.0 Å². The third-order valence-corrected chi connectivity index (χ3v) is 5.07. The van der Waals surface area contributed by atoms with Crippen LogP contribution >= 0.6 is 11.6 Å². The molecule has 1 aliphatic rings. The van der Waals surface area contributed by atoms with Crippen LogP contribution in [0.15, 0.2) is 47.6 Å². The first kappa shape index (κ1) is 21.3. The van der Waals surface area contributed by atoms with Gasteiger partial charge in [0.25, 0.3) is 0 Å². The molecule has 6 nitrogen and oxygen atoms in total. The second kappa shape index (κ2) is 10.4. The molecule has 1 aromatic carbocycles. The highest BCUT2D eigenvalue weighted by Crippen LogP contribution is 2.22. The Morgan fingerprint density at radius 3 is 3.00 bits per heavy atom. The highest BCUT2D eigenvalue weighted by atomic mass is 35.5. The third-order valence-electron chi connectivity index (χ3n) is 4.83. The van der Waals surface area contributed by atoms with E-state index in [4.69, 9.17) is 16.3 Å².